The molecule has 0 aromatic heterocycles. The molecular weight excluding hydrogens is 550 g/mol. The molecule has 0 aromatic rings. The van der Waals surface area contributed by atoms with E-state index < -0.39 is 54.4 Å². The van der Waals surface area contributed by atoms with Crippen molar-refractivity contribution in [3.05, 3.63) is 0 Å². The summed E-state index contributed by atoms with van der Waals surface area (Å²) in [6, 6.07) is -2.63. The van der Waals surface area contributed by atoms with Gasteiger partial charge in [0.2, 0.25) is 17.7 Å². The van der Waals surface area contributed by atoms with Crippen molar-refractivity contribution >= 4 is 35.6 Å². The second kappa shape index (κ2) is 25.5. The highest BCUT2D eigenvalue weighted by Gasteiger charge is 2.24. The zero-order chi connectivity index (χ0) is 31.6. The lowest BCUT2D eigenvalue weighted by Gasteiger charge is -2.17. The maximum atomic E-state index is 12.2. The molecule has 42 heavy (non-hydrogen) atoms. The van der Waals surface area contributed by atoms with Gasteiger partial charge in [-0.15, -0.1) is 0 Å². The molecule has 0 aliphatic heterocycles. The molecule has 0 aliphatic rings. The van der Waals surface area contributed by atoms with Gasteiger partial charge in [0.05, 0.1) is 0 Å². The van der Waals surface area contributed by atoms with Crippen LogP contribution in [-0.2, 0) is 28.8 Å². The van der Waals surface area contributed by atoms with Gasteiger partial charge in [-0.05, 0) is 25.7 Å². The number of unbranched alkanes of at least 4 members (excludes halogenated alkanes) is 13. The lowest BCUT2D eigenvalue weighted by molar-refractivity contribution is -0.143. The molecule has 13 heteroatoms. The van der Waals surface area contributed by atoms with Crippen LogP contribution in [0.25, 0.3) is 0 Å². The molecular formula is C29H51N3O10. The maximum absolute atomic E-state index is 12.2. The first-order valence-electron chi connectivity index (χ1n) is 15.2. The summed E-state index contributed by atoms with van der Waals surface area (Å²) < 4.78 is 0. The molecule has 3 amide bonds. The number of amides is 3. The van der Waals surface area contributed by atoms with Gasteiger partial charge < -0.3 is 36.4 Å². The third kappa shape index (κ3) is 23.5. The molecule has 2 atom stereocenters. The van der Waals surface area contributed by atoms with E-state index in [1.165, 1.54) is 38.5 Å². The number of nitrogens with one attached hydrogen (secondary N) is 3. The summed E-state index contributed by atoms with van der Waals surface area (Å²) in [6.45, 7) is -0.589. The minimum Gasteiger partial charge on any atom is -0.481 e. The SMILES string of the molecule is O=C(O)CCCCCCCCCCCCCCCCC(=O)N[C@@H](CCC(=O)N[C@@H](CCC(=O)NCO)C(=O)O)C(=O)O. The summed E-state index contributed by atoms with van der Waals surface area (Å²) in [5.41, 5.74) is 0. The predicted molar refractivity (Wildman–Crippen MR) is 154 cm³/mol. The Labute approximate surface area is 248 Å². The van der Waals surface area contributed by atoms with Crippen LogP contribution < -0.4 is 16.0 Å². The van der Waals surface area contributed by atoms with Gasteiger partial charge in [-0.1, -0.05) is 77.0 Å². The van der Waals surface area contributed by atoms with Crippen LogP contribution in [0.15, 0.2) is 0 Å². The average molecular weight is 602 g/mol. The Kier molecular flexibility index (Phi) is 23.5. The number of aliphatic hydroxyl groups excluding tert-OH is 1. The highest BCUT2D eigenvalue weighted by atomic mass is 16.4. The van der Waals surface area contributed by atoms with Gasteiger partial charge in [-0.2, -0.15) is 0 Å². The second-order valence-corrected chi connectivity index (χ2v) is 10.6. The van der Waals surface area contributed by atoms with Crippen molar-refractivity contribution in [2.24, 2.45) is 0 Å². The Bertz CT molecular complexity index is 821. The molecule has 0 rings (SSSR count). The summed E-state index contributed by atoms with van der Waals surface area (Å²) in [6.07, 6.45) is 14.2. The summed E-state index contributed by atoms with van der Waals surface area (Å²) in [5, 5.41) is 42.6. The van der Waals surface area contributed by atoms with Crippen molar-refractivity contribution in [1.82, 2.24) is 16.0 Å². The molecule has 0 saturated heterocycles. The van der Waals surface area contributed by atoms with Gasteiger partial charge in [-0.3, -0.25) is 19.2 Å². The standard InChI is InChI=1S/C29H51N3O10/c33-21-30-24(34)19-17-22(28(39)40)32-26(36)20-18-23(29(41)42)31-25(35)15-13-11-9-7-5-3-1-2-4-6-8-10-12-14-16-27(37)38/h22-23,33H,1-21H2,(H,30,34)(H,31,35)(H,32,36)(H,37,38)(H,39,40)(H,41,42)/t22-,23-/m0/s1. The number of rotatable bonds is 28. The first-order valence-corrected chi connectivity index (χ1v) is 15.2. The molecule has 0 fully saturated rings. The van der Waals surface area contributed by atoms with Crippen molar-refractivity contribution in [3.63, 3.8) is 0 Å². The van der Waals surface area contributed by atoms with Gasteiger partial charge in [0.25, 0.3) is 0 Å². The summed E-state index contributed by atoms with van der Waals surface area (Å²) >= 11 is 0. The minimum absolute atomic E-state index is 0.184. The van der Waals surface area contributed by atoms with E-state index in [0.29, 0.717) is 6.42 Å². The van der Waals surface area contributed by atoms with E-state index in [2.05, 4.69) is 16.0 Å². The number of aliphatic hydroxyl groups is 1. The Morgan fingerprint density at radius 3 is 1.14 bits per heavy atom. The molecule has 0 radical (unpaired) electrons. The number of carbonyl (C=O) groups is 6. The quantitative estimate of drug-likeness (QED) is 0.0513. The van der Waals surface area contributed by atoms with E-state index in [9.17, 15) is 39.0 Å². The normalized spacial score (nSPS) is 12.2. The van der Waals surface area contributed by atoms with Crippen LogP contribution in [0.2, 0.25) is 0 Å². The van der Waals surface area contributed by atoms with Crippen molar-refractivity contribution in [1.29, 1.82) is 0 Å². The second-order valence-electron chi connectivity index (χ2n) is 10.6. The van der Waals surface area contributed by atoms with Gasteiger partial charge in [-0.25, -0.2) is 9.59 Å². The molecule has 0 bridgehead atoms. The molecule has 0 spiro atoms. The lowest BCUT2D eigenvalue weighted by Crippen LogP contribution is -2.44. The third-order valence-corrected chi connectivity index (χ3v) is 6.91. The molecule has 242 valence electrons. The first kappa shape index (κ1) is 38.8. The fourth-order valence-corrected chi connectivity index (χ4v) is 4.46. The molecule has 0 aromatic carbocycles. The molecule has 0 aliphatic carbocycles. The molecule has 13 nitrogen and oxygen atoms in total. The van der Waals surface area contributed by atoms with E-state index in [1.807, 2.05) is 0 Å². The van der Waals surface area contributed by atoms with Crippen LogP contribution in [0, 0.1) is 0 Å². The fraction of sp³-hybridized carbons (Fsp3) is 0.793. The molecule has 0 heterocycles. The molecule has 0 saturated carbocycles. The van der Waals surface area contributed by atoms with Crippen molar-refractivity contribution in [2.75, 3.05) is 6.73 Å². The van der Waals surface area contributed by atoms with Crippen LogP contribution in [0.3, 0.4) is 0 Å². The van der Waals surface area contributed by atoms with Crippen LogP contribution >= 0.6 is 0 Å². The van der Waals surface area contributed by atoms with Gasteiger partial charge in [0, 0.05) is 25.7 Å². The van der Waals surface area contributed by atoms with Crippen LogP contribution in [0.5, 0.6) is 0 Å². The largest absolute Gasteiger partial charge is 0.481 e. The van der Waals surface area contributed by atoms with Crippen molar-refractivity contribution < 1.29 is 49.2 Å². The van der Waals surface area contributed by atoms with Gasteiger partial charge >= 0.3 is 17.9 Å². The van der Waals surface area contributed by atoms with E-state index in [4.69, 9.17) is 10.2 Å². The average Bonchev–Trinajstić information content (AvgIpc) is 2.92. The highest BCUT2D eigenvalue weighted by molar-refractivity contribution is 5.86. The Balaban J connectivity index is 3.95. The Hall–Kier alpha value is -3.22. The topological polar surface area (TPSA) is 219 Å². The van der Waals surface area contributed by atoms with Crippen LogP contribution in [0.4, 0.5) is 0 Å². The molecule has 7 N–H and O–H groups in total. The lowest BCUT2D eigenvalue weighted by atomic mass is 10.0. The number of aliphatic carboxylic acids is 3. The van der Waals surface area contributed by atoms with E-state index in [1.54, 1.807) is 0 Å². The summed E-state index contributed by atoms with van der Waals surface area (Å²) in [5.74, 6) is -5.06. The Morgan fingerprint density at radius 1 is 0.452 bits per heavy atom. The zero-order valence-corrected chi connectivity index (χ0v) is 24.7. The molecule has 0 unspecified atom stereocenters. The first-order chi connectivity index (χ1) is 20.1. The van der Waals surface area contributed by atoms with E-state index in [0.717, 1.165) is 44.9 Å². The number of carboxylic acid groups (broad SMARTS) is 3. The number of carboxylic acids is 3. The van der Waals surface area contributed by atoms with Crippen molar-refractivity contribution in [3.8, 4) is 0 Å². The fourth-order valence-electron chi connectivity index (χ4n) is 4.46. The zero-order valence-electron chi connectivity index (χ0n) is 24.7. The summed E-state index contributed by atoms with van der Waals surface area (Å²) in [4.78, 5) is 69.1. The van der Waals surface area contributed by atoms with Gasteiger partial charge in [0.15, 0.2) is 0 Å². The Morgan fingerprint density at radius 2 is 0.786 bits per heavy atom. The number of hydrogen-bond donors (Lipinski definition) is 7. The van der Waals surface area contributed by atoms with Crippen molar-refractivity contribution in [2.45, 2.75) is 141 Å². The van der Waals surface area contributed by atoms with E-state index in [-0.39, 0.29) is 38.5 Å². The highest BCUT2D eigenvalue weighted by Crippen LogP contribution is 2.14. The predicted octanol–water partition coefficient (Wildman–Crippen LogP) is 3.08. The van der Waals surface area contributed by atoms with E-state index >= 15 is 0 Å². The van der Waals surface area contributed by atoms with Gasteiger partial charge in [0.1, 0.15) is 18.8 Å². The number of hydrogen-bond acceptors (Lipinski definition) is 7. The third-order valence-electron chi connectivity index (χ3n) is 6.91. The number of carbonyl (C=O) groups excluding carboxylic acids is 3. The maximum Gasteiger partial charge on any atom is 0.326 e. The smallest absolute Gasteiger partial charge is 0.326 e. The van der Waals surface area contributed by atoms with Crippen LogP contribution in [-0.4, -0.2) is 74.9 Å². The minimum atomic E-state index is -1.35. The summed E-state index contributed by atoms with van der Waals surface area (Å²) in [7, 11) is 0. The van der Waals surface area contributed by atoms with Crippen LogP contribution in [0.1, 0.15) is 128 Å². The monoisotopic (exact) mass is 601 g/mol.